The first kappa shape index (κ1) is 12.2. The summed E-state index contributed by atoms with van der Waals surface area (Å²) in [6.07, 6.45) is 3.37. The average Bonchev–Trinajstić information content (AvgIpc) is 2.44. The van der Waals surface area contributed by atoms with E-state index in [2.05, 4.69) is 16.5 Å². The smallest absolute Gasteiger partial charge is 0.251 e. The number of carbonyl (C=O) groups is 1. The Balaban J connectivity index is 2.05. The number of fused-ring (bicyclic) bond motifs is 3. The molecule has 1 amide bonds. The first-order valence-electron chi connectivity index (χ1n) is 6.05. The van der Waals surface area contributed by atoms with Gasteiger partial charge in [-0.25, -0.2) is 4.98 Å². The predicted octanol–water partition coefficient (Wildman–Crippen LogP) is 0.740. The molecular formula is C12H14ClN5O. The molecule has 2 aliphatic heterocycles. The summed E-state index contributed by atoms with van der Waals surface area (Å²) in [6, 6.07) is -0.241. The van der Waals surface area contributed by atoms with E-state index in [1.165, 1.54) is 0 Å². The molecule has 0 aromatic carbocycles. The van der Waals surface area contributed by atoms with E-state index in [0.29, 0.717) is 12.2 Å². The Morgan fingerprint density at radius 1 is 1.53 bits per heavy atom. The SMILES string of the molecule is C=CN1CCN2c3nc(Cl)ncc3N(C)C(=O)C2C1. The molecule has 0 aliphatic carbocycles. The van der Waals surface area contributed by atoms with Crippen LogP contribution < -0.4 is 9.80 Å². The van der Waals surface area contributed by atoms with Gasteiger partial charge < -0.3 is 14.7 Å². The summed E-state index contributed by atoms with van der Waals surface area (Å²) in [7, 11) is 1.74. The largest absolute Gasteiger partial charge is 0.374 e. The average molecular weight is 280 g/mol. The van der Waals surface area contributed by atoms with Gasteiger partial charge >= 0.3 is 0 Å². The molecule has 100 valence electrons. The fourth-order valence-corrected chi connectivity index (χ4v) is 2.70. The number of piperazine rings is 1. The lowest BCUT2D eigenvalue weighted by Crippen LogP contribution is -2.61. The summed E-state index contributed by atoms with van der Waals surface area (Å²) in [5.41, 5.74) is 0.706. The highest BCUT2D eigenvalue weighted by Crippen LogP contribution is 2.35. The van der Waals surface area contributed by atoms with Gasteiger partial charge in [0.2, 0.25) is 5.28 Å². The van der Waals surface area contributed by atoms with Crippen molar-refractivity contribution in [2.75, 3.05) is 36.5 Å². The van der Waals surface area contributed by atoms with Crippen molar-refractivity contribution in [1.29, 1.82) is 0 Å². The Morgan fingerprint density at radius 2 is 2.32 bits per heavy atom. The van der Waals surface area contributed by atoms with Gasteiger partial charge in [0.1, 0.15) is 11.7 Å². The fourth-order valence-electron chi connectivity index (χ4n) is 2.57. The molecule has 3 rings (SSSR count). The van der Waals surface area contributed by atoms with Crippen molar-refractivity contribution >= 4 is 29.0 Å². The molecule has 1 aromatic rings. The topological polar surface area (TPSA) is 52.6 Å². The van der Waals surface area contributed by atoms with Crippen LogP contribution in [-0.4, -0.2) is 53.5 Å². The summed E-state index contributed by atoms with van der Waals surface area (Å²) in [4.78, 5) is 26.3. The van der Waals surface area contributed by atoms with E-state index in [0.717, 1.165) is 18.9 Å². The quantitative estimate of drug-likeness (QED) is 0.710. The first-order valence-corrected chi connectivity index (χ1v) is 6.43. The van der Waals surface area contributed by atoms with Crippen LogP contribution in [0.1, 0.15) is 0 Å². The number of nitrogens with zero attached hydrogens (tertiary/aromatic N) is 5. The number of carbonyl (C=O) groups excluding carboxylic acids is 1. The number of likely N-dealkylation sites (N-methyl/N-ethyl adjacent to an activating group) is 1. The van der Waals surface area contributed by atoms with Crippen molar-refractivity contribution < 1.29 is 4.79 Å². The van der Waals surface area contributed by atoms with E-state index >= 15 is 0 Å². The minimum atomic E-state index is -0.241. The molecule has 0 spiro atoms. The van der Waals surface area contributed by atoms with Gasteiger partial charge in [-0.2, -0.15) is 4.98 Å². The van der Waals surface area contributed by atoms with Crippen LogP contribution in [0.2, 0.25) is 5.28 Å². The van der Waals surface area contributed by atoms with Crippen LogP contribution in [0.3, 0.4) is 0 Å². The summed E-state index contributed by atoms with van der Waals surface area (Å²) >= 11 is 5.87. The number of anilines is 2. The lowest BCUT2D eigenvalue weighted by molar-refractivity contribution is -0.120. The highest BCUT2D eigenvalue weighted by molar-refractivity contribution is 6.28. The third-order valence-corrected chi connectivity index (χ3v) is 3.82. The van der Waals surface area contributed by atoms with Gasteiger partial charge in [0, 0.05) is 26.7 Å². The molecule has 7 heteroatoms. The molecule has 0 saturated carbocycles. The maximum Gasteiger partial charge on any atom is 0.251 e. The van der Waals surface area contributed by atoms with Gasteiger partial charge in [-0.3, -0.25) is 4.79 Å². The number of halogens is 1. The molecule has 0 radical (unpaired) electrons. The number of hydrogen-bond donors (Lipinski definition) is 0. The maximum absolute atomic E-state index is 12.4. The van der Waals surface area contributed by atoms with Crippen molar-refractivity contribution in [1.82, 2.24) is 14.9 Å². The molecule has 0 N–H and O–H groups in total. The van der Waals surface area contributed by atoms with Crippen LogP contribution in [0.25, 0.3) is 0 Å². The predicted molar refractivity (Wildman–Crippen MR) is 73.4 cm³/mol. The van der Waals surface area contributed by atoms with Gasteiger partial charge in [0.05, 0.1) is 6.20 Å². The van der Waals surface area contributed by atoms with E-state index in [1.807, 2.05) is 9.80 Å². The number of hydrogen-bond acceptors (Lipinski definition) is 5. The first-order chi connectivity index (χ1) is 9.11. The van der Waals surface area contributed by atoms with Gasteiger partial charge in [-0.05, 0) is 17.8 Å². The van der Waals surface area contributed by atoms with E-state index in [1.54, 1.807) is 24.3 Å². The zero-order valence-corrected chi connectivity index (χ0v) is 11.3. The molecule has 0 bridgehead atoms. The third kappa shape index (κ3) is 1.83. The van der Waals surface area contributed by atoms with Crippen molar-refractivity contribution in [3.63, 3.8) is 0 Å². The minimum absolute atomic E-state index is 0.0463. The highest BCUT2D eigenvalue weighted by atomic mass is 35.5. The van der Waals surface area contributed by atoms with Gasteiger partial charge in [0.25, 0.3) is 5.91 Å². The van der Waals surface area contributed by atoms with Crippen LogP contribution in [0.4, 0.5) is 11.5 Å². The van der Waals surface area contributed by atoms with E-state index < -0.39 is 0 Å². The summed E-state index contributed by atoms with van der Waals surface area (Å²) in [5.74, 6) is 0.779. The van der Waals surface area contributed by atoms with Gasteiger partial charge in [0.15, 0.2) is 5.82 Å². The third-order valence-electron chi connectivity index (χ3n) is 3.64. The fraction of sp³-hybridized carbons (Fsp3) is 0.417. The Bertz CT molecular complexity index is 549. The molecule has 1 unspecified atom stereocenters. The number of amides is 1. The van der Waals surface area contributed by atoms with Gasteiger partial charge in [-0.15, -0.1) is 0 Å². The zero-order chi connectivity index (χ0) is 13.6. The Kier molecular flexibility index (Phi) is 2.82. The molecule has 1 fully saturated rings. The van der Waals surface area contributed by atoms with Crippen LogP contribution >= 0.6 is 11.6 Å². The monoisotopic (exact) mass is 279 g/mol. The Labute approximate surface area is 116 Å². The van der Waals surface area contributed by atoms with Gasteiger partial charge in [-0.1, -0.05) is 6.58 Å². The van der Waals surface area contributed by atoms with Crippen molar-refractivity contribution in [2.24, 2.45) is 0 Å². The summed E-state index contributed by atoms with van der Waals surface area (Å²) in [6.45, 7) is 5.92. The van der Waals surface area contributed by atoms with E-state index in [4.69, 9.17) is 11.6 Å². The Hall–Kier alpha value is -1.82. The molecular weight excluding hydrogens is 266 g/mol. The molecule has 3 heterocycles. The zero-order valence-electron chi connectivity index (χ0n) is 10.6. The van der Waals surface area contributed by atoms with Crippen molar-refractivity contribution in [3.8, 4) is 0 Å². The second-order valence-corrected chi connectivity index (χ2v) is 4.97. The molecule has 19 heavy (non-hydrogen) atoms. The summed E-state index contributed by atoms with van der Waals surface area (Å²) in [5, 5.41) is 0.200. The Morgan fingerprint density at radius 3 is 3.05 bits per heavy atom. The van der Waals surface area contributed by atoms with Crippen LogP contribution in [0.5, 0.6) is 0 Å². The van der Waals surface area contributed by atoms with E-state index in [9.17, 15) is 4.79 Å². The van der Waals surface area contributed by atoms with E-state index in [-0.39, 0.29) is 17.2 Å². The van der Waals surface area contributed by atoms with Crippen molar-refractivity contribution in [3.05, 3.63) is 24.3 Å². The van der Waals surface area contributed by atoms with Crippen LogP contribution in [-0.2, 0) is 4.79 Å². The molecule has 1 aromatic heterocycles. The highest BCUT2D eigenvalue weighted by Gasteiger charge is 2.40. The lowest BCUT2D eigenvalue weighted by Gasteiger charge is -2.46. The van der Waals surface area contributed by atoms with Crippen LogP contribution in [0.15, 0.2) is 19.0 Å². The second kappa shape index (κ2) is 4.38. The lowest BCUT2D eigenvalue weighted by atomic mass is 10.1. The maximum atomic E-state index is 12.4. The molecule has 1 saturated heterocycles. The molecule has 6 nitrogen and oxygen atoms in total. The second-order valence-electron chi connectivity index (χ2n) is 4.63. The van der Waals surface area contributed by atoms with Crippen molar-refractivity contribution in [2.45, 2.75) is 6.04 Å². The molecule has 2 aliphatic rings. The molecule has 1 atom stereocenters. The van der Waals surface area contributed by atoms with Crippen LogP contribution in [0, 0.1) is 0 Å². The summed E-state index contributed by atoms with van der Waals surface area (Å²) < 4.78 is 0. The number of rotatable bonds is 1. The number of aromatic nitrogens is 2. The standard InChI is InChI=1S/C12H14ClN5O/c1-3-17-4-5-18-9(7-17)11(19)16(2)8-6-14-12(13)15-10(8)18/h3,6,9H,1,4-5,7H2,2H3. The normalized spacial score (nSPS) is 22.1. The minimum Gasteiger partial charge on any atom is -0.374 e.